The minimum Gasteiger partial charge on any atom is -0.496 e. The van der Waals surface area contributed by atoms with Crippen molar-refractivity contribution in [3.05, 3.63) is 30.0 Å². The molecule has 0 atom stereocenters. The standard InChI is InChI=1S/C18H24N6O4S/c1-23(2)17-14(11-20-18(21-17)24-8-4-5-9-24)22-29(26,27)12-6-7-15(28-3)13(10-12)16(19)25/h6-7,10-11,22H,4-5,8-9H2,1-3H3,(H2,19,25). The first-order valence-corrected chi connectivity index (χ1v) is 10.5. The molecule has 3 N–H and O–H groups in total. The molecular weight excluding hydrogens is 396 g/mol. The first kappa shape index (κ1) is 20.6. The van der Waals surface area contributed by atoms with Crippen LogP contribution in [0.1, 0.15) is 23.2 Å². The monoisotopic (exact) mass is 420 g/mol. The van der Waals surface area contributed by atoms with Crippen LogP contribution in [0.2, 0.25) is 0 Å². The number of methoxy groups -OCH3 is 1. The molecule has 10 nitrogen and oxygen atoms in total. The Kier molecular flexibility index (Phi) is 5.78. The maximum Gasteiger partial charge on any atom is 0.262 e. The number of carbonyl (C=O) groups excluding carboxylic acids is 1. The summed E-state index contributed by atoms with van der Waals surface area (Å²) >= 11 is 0. The number of carbonyl (C=O) groups is 1. The molecule has 0 bridgehead atoms. The molecule has 0 radical (unpaired) electrons. The van der Waals surface area contributed by atoms with Gasteiger partial charge < -0.3 is 20.3 Å². The molecule has 1 aromatic heterocycles. The smallest absolute Gasteiger partial charge is 0.262 e. The van der Waals surface area contributed by atoms with E-state index in [2.05, 4.69) is 19.6 Å². The number of ether oxygens (including phenoxy) is 1. The molecular formula is C18H24N6O4S. The molecule has 2 heterocycles. The molecule has 11 heteroatoms. The fourth-order valence-electron chi connectivity index (χ4n) is 3.10. The lowest BCUT2D eigenvalue weighted by atomic mass is 10.2. The van der Waals surface area contributed by atoms with Crippen LogP contribution in [-0.2, 0) is 10.0 Å². The Hall–Kier alpha value is -3.08. The molecule has 1 amide bonds. The van der Waals surface area contributed by atoms with E-state index in [4.69, 9.17) is 10.5 Å². The van der Waals surface area contributed by atoms with Crippen molar-refractivity contribution < 1.29 is 17.9 Å². The van der Waals surface area contributed by atoms with E-state index < -0.39 is 15.9 Å². The van der Waals surface area contributed by atoms with Crippen LogP contribution in [0.25, 0.3) is 0 Å². The maximum absolute atomic E-state index is 12.9. The second-order valence-electron chi connectivity index (χ2n) is 6.83. The average Bonchev–Trinajstić information content (AvgIpc) is 3.22. The number of nitrogens with zero attached hydrogens (tertiary/aromatic N) is 4. The maximum atomic E-state index is 12.9. The predicted molar refractivity (Wildman–Crippen MR) is 110 cm³/mol. The van der Waals surface area contributed by atoms with Crippen LogP contribution < -0.4 is 25.0 Å². The molecule has 1 saturated heterocycles. The quantitative estimate of drug-likeness (QED) is 0.680. The summed E-state index contributed by atoms with van der Waals surface area (Å²) in [6.07, 6.45) is 3.61. The largest absolute Gasteiger partial charge is 0.496 e. The third-order valence-corrected chi connectivity index (χ3v) is 5.92. The third-order valence-electron chi connectivity index (χ3n) is 4.56. The first-order valence-electron chi connectivity index (χ1n) is 9.03. The number of anilines is 3. The summed E-state index contributed by atoms with van der Waals surface area (Å²) in [7, 11) is 0.897. The van der Waals surface area contributed by atoms with Crippen molar-refractivity contribution in [1.29, 1.82) is 0 Å². The lowest BCUT2D eigenvalue weighted by Gasteiger charge is -2.21. The zero-order chi connectivity index (χ0) is 21.2. The fraction of sp³-hybridized carbons (Fsp3) is 0.389. The van der Waals surface area contributed by atoms with Crippen molar-refractivity contribution in [2.24, 2.45) is 5.73 Å². The van der Waals surface area contributed by atoms with Gasteiger partial charge in [0, 0.05) is 27.2 Å². The van der Waals surface area contributed by atoms with Gasteiger partial charge in [0.2, 0.25) is 5.95 Å². The van der Waals surface area contributed by atoms with Gasteiger partial charge in [-0.15, -0.1) is 0 Å². The first-order chi connectivity index (χ1) is 13.7. The van der Waals surface area contributed by atoms with E-state index in [0.717, 1.165) is 25.9 Å². The van der Waals surface area contributed by atoms with E-state index in [9.17, 15) is 13.2 Å². The lowest BCUT2D eigenvalue weighted by Crippen LogP contribution is -2.24. The Morgan fingerprint density at radius 2 is 1.97 bits per heavy atom. The molecule has 0 aliphatic carbocycles. The number of hydrogen-bond donors (Lipinski definition) is 2. The molecule has 1 aromatic carbocycles. The zero-order valence-corrected chi connectivity index (χ0v) is 17.4. The van der Waals surface area contributed by atoms with Crippen LogP contribution in [0.3, 0.4) is 0 Å². The second kappa shape index (κ2) is 8.11. The number of nitrogens with two attached hydrogens (primary N) is 1. The molecule has 0 saturated carbocycles. The summed E-state index contributed by atoms with van der Waals surface area (Å²) in [6, 6.07) is 3.90. The second-order valence-corrected chi connectivity index (χ2v) is 8.51. The molecule has 2 aromatic rings. The highest BCUT2D eigenvalue weighted by molar-refractivity contribution is 7.92. The van der Waals surface area contributed by atoms with E-state index >= 15 is 0 Å². The highest BCUT2D eigenvalue weighted by atomic mass is 32.2. The zero-order valence-electron chi connectivity index (χ0n) is 16.5. The summed E-state index contributed by atoms with van der Waals surface area (Å²) in [5.41, 5.74) is 5.54. The molecule has 1 fully saturated rings. The van der Waals surface area contributed by atoms with Gasteiger partial charge >= 0.3 is 0 Å². The van der Waals surface area contributed by atoms with Crippen molar-refractivity contribution in [2.75, 3.05) is 48.8 Å². The Morgan fingerprint density at radius 1 is 1.28 bits per heavy atom. The Labute approximate surface area is 169 Å². The van der Waals surface area contributed by atoms with Crippen LogP contribution in [-0.4, -0.2) is 58.6 Å². The normalized spacial score (nSPS) is 14.0. The minimum atomic E-state index is -4.02. The topological polar surface area (TPSA) is 131 Å². The van der Waals surface area contributed by atoms with Crippen molar-refractivity contribution >= 4 is 33.4 Å². The molecule has 29 heavy (non-hydrogen) atoms. The number of sulfonamides is 1. The van der Waals surface area contributed by atoms with Crippen molar-refractivity contribution in [3.8, 4) is 5.75 Å². The SMILES string of the molecule is COc1ccc(S(=O)(=O)Nc2cnc(N3CCCC3)nc2N(C)C)cc1C(N)=O. The molecule has 156 valence electrons. The van der Waals surface area contributed by atoms with Gasteiger partial charge in [-0.1, -0.05) is 0 Å². The van der Waals surface area contributed by atoms with Gasteiger partial charge in [-0.05, 0) is 31.0 Å². The van der Waals surface area contributed by atoms with E-state index in [1.54, 1.807) is 19.0 Å². The fourth-order valence-corrected chi connectivity index (χ4v) is 4.17. The molecule has 0 unspecified atom stereocenters. The predicted octanol–water partition coefficient (Wildman–Crippen LogP) is 1.05. The Balaban J connectivity index is 1.95. The van der Waals surface area contributed by atoms with Gasteiger partial charge in [0.05, 0.1) is 23.8 Å². The lowest BCUT2D eigenvalue weighted by molar-refractivity contribution is 0.0997. The van der Waals surface area contributed by atoms with E-state index in [-0.39, 0.29) is 21.9 Å². The average molecular weight is 420 g/mol. The number of aromatic nitrogens is 2. The van der Waals surface area contributed by atoms with Crippen molar-refractivity contribution in [1.82, 2.24) is 9.97 Å². The van der Waals surface area contributed by atoms with E-state index in [1.165, 1.54) is 31.5 Å². The Morgan fingerprint density at radius 3 is 2.55 bits per heavy atom. The number of benzene rings is 1. The van der Waals surface area contributed by atoms with Crippen LogP contribution in [0.15, 0.2) is 29.3 Å². The number of amides is 1. The number of primary amides is 1. The minimum absolute atomic E-state index is 0.0242. The summed E-state index contributed by atoms with van der Waals surface area (Å²) < 4.78 is 33.4. The van der Waals surface area contributed by atoms with Gasteiger partial charge in [-0.25, -0.2) is 13.4 Å². The number of nitrogens with one attached hydrogen (secondary N) is 1. The van der Waals surface area contributed by atoms with Crippen molar-refractivity contribution in [2.45, 2.75) is 17.7 Å². The summed E-state index contributed by atoms with van der Waals surface area (Å²) in [4.78, 5) is 24.1. The Bertz CT molecular complexity index is 1020. The van der Waals surface area contributed by atoms with Gasteiger partial charge in [0.15, 0.2) is 5.82 Å². The summed E-state index contributed by atoms with van der Waals surface area (Å²) in [6.45, 7) is 1.75. The number of rotatable bonds is 7. The van der Waals surface area contributed by atoms with Gasteiger partial charge in [0.25, 0.3) is 15.9 Å². The van der Waals surface area contributed by atoms with Crippen LogP contribution >= 0.6 is 0 Å². The van der Waals surface area contributed by atoms with Crippen LogP contribution in [0, 0.1) is 0 Å². The highest BCUT2D eigenvalue weighted by Gasteiger charge is 2.23. The van der Waals surface area contributed by atoms with Gasteiger partial charge in [-0.2, -0.15) is 4.98 Å². The molecule has 1 aliphatic rings. The third kappa shape index (κ3) is 4.34. The molecule has 0 spiro atoms. The van der Waals surface area contributed by atoms with Gasteiger partial charge in [0.1, 0.15) is 11.4 Å². The molecule has 3 rings (SSSR count). The van der Waals surface area contributed by atoms with E-state index in [0.29, 0.717) is 11.8 Å². The van der Waals surface area contributed by atoms with E-state index in [1.807, 2.05) is 0 Å². The van der Waals surface area contributed by atoms with Crippen molar-refractivity contribution in [3.63, 3.8) is 0 Å². The van der Waals surface area contributed by atoms with Crippen LogP contribution in [0.5, 0.6) is 5.75 Å². The van der Waals surface area contributed by atoms with Crippen LogP contribution in [0.4, 0.5) is 17.5 Å². The summed E-state index contributed by atoms with van der Waals surface area (Å²) in [5.74, 6) is 0.415. The van der Waals surface area contributed by atoms with Gasteiger partial charge in [-0.3, -0.25) is 9.52 Å². The summed E-state index contributed by atoms with van der Waals surface area (Å²) in [5, 5.41) is 0. The molecule has 1 aliphatic heterocycles. The highest BCUT2D eigenvalue weighted by Crippen LogP contribution is 2.29. The number of hydrogen-bond acceptors (Lipinski definition) is 8.